The quantitative estimate of drug-likeness (QED) is 0.654. The molecule has 0 saturated carbocycles. The molecule has 0 aliphatic rings. The molecule has 0 bridgehead atoms. The monoisotopic (exact) mass is 257 g/mol. The van der Waals surface area contributed by atoms with Gasteiger partial charge in [-0.05, 0) is 32.2 Å². The average molecular weight is 257 g/mol. The van der Waals surface area contributed by atoms with Gasteiger partial charge in [0.15, 0.2) is 0 Å². The summed E-state index contributed by atoms with van der Waals surface area (Å²) in [5, 5.41) is 16.7. The smallest absolute Gasteiger partial charge is 0.331 e. The van der Waals surface area contributed by atoms with E-state index in [2.05, 4.69) is 6.58 Å². The molecule has 18 heavy (non-hydrogen) atoms. The summed E-state index contributed by atoms with van der Waals surface area (Å²) < 4.78 is 0. The lowest BCUT2D eigenvalue weighted by Gasteiger charge is -2.24. The molecule has 0 unspecified atom stereocenters. The molecule has 0 aromatic rings. The lowest BCUT2D eigenvalue weighted by atomic mass is 9.81. The lowest BCUT2D eigenvalue weighted by molar-refractivity contribution is -0.134. The van der Waals surface area contributed by atoms with Gasteiger partial charge < -0.3 is 15.9 Å². The van der Waals surface area contributed by atoms with Gasteiger partial charge in [-0.15, -0.1) is 0 Å². The van der Waals surface area contributed by atoms with Crippen LogP contribution in [0.5, 0.6) is 0 Å². The third kappa shape index (κ3) is 7.62. The molecular formula is C13H23NO4. The van der Waals surface area contributed by atoms with Gasteiger partial charge in [0.2, 0.25) is 0 Å². The molecule has 0 aromatic carbocycles. The summed E-state index contributed by atoms with van der Waals surface area (Å²) in [4.78, 5) is 20.3. The molecule has 0 rings (SSSR count). The largest absolute Gasteiger partial charge is 0.478 e. The van der Waals surface area contributed by atoms with Crippen molar-refractivity contribution in [1.29, 1.82) is 0 Å². The van der Waals surface area contributed by atoms with Gasteiger partial charge in [0, 0.05) is 11.1 Å². The summed E-state index contributed by atoms with van der Waals surface area (Å²) in [6.45, 7) is 10.6. The van der Waals surface area contributed by atoms with Crippen LogP contribution in [0.1, 0.15) is 34.1 Å². The first kappa shape index (κ1) is 18.7. The van der Waals surface area contributed by atoms with E-state index >= 15 is 0 Å². The van der Waals surface area contributed by atoms with Crippen molar-refractivity contribution in [3.8, 4) is 0 Å². The highest BCUT2D eigenvalue weighted by atomic mass is 16.4. The highest BCUT2D eigenvalue weighted by molar-refractivity contribution is 5.87. The zero-order valence-corrected chi connectivity index (χ0v) is 11.5. The Balaban J connectivity index is 0. The molecule has 0 aliphatic carbocycles. The summed E-state index contributed by atoms with van der Waals surface area (Å²) in [6.07, 6.45) is 2.33. The second-order valence-corrected chi connectivity index (χ2v) is 4.52. The van der Waals surface area contributed by atoms with Gasteiger partial charge >= 0.3 is 11.9 Å². The van der Waals surface area contributed by atoms with Gasteiger partial charge in [0.05, 0.1) is 0 Å². The van der Waals surface area contributed by atoms with E-state index in [1.807, 2.05) is 13.8 Å². The van der Waals surface area contributed by atoms with Gasteiger partial charge in [-0.25, -0.2) is 9.59 Å². The Morgan fingerprint density at radius 2 is 1.67 bits per heavy atom. The van der Waals surface area contributed by atoms with Crippen LogP contribution in [0.15, 0.2) is 23.8 Å². The fourth-order valence-electron chi connectivity index (χ4n) is 1.30. The maximum Gasteiger partial charge on any atom is 0.331 e. The first-order chi connectivity index (χ1) is 8.10. The van der Waals surface area contributed by atoms with Crippen LogP contribution in [0, 0.1) is 5.41 Å². The van der Waals surface area contributed by atoms with Crippen molar-refractivity contribution in [3.63, 3.8) is 0 Å². The van der Waals surface area contributed by atoms with Crippen molar-refractivity contribution < 1.29 is 19.8 Å². The molecule has 0 saturated heterocycles. The minimum absolute atomic E-state index is 0.176. The molecule has 0 aromatic heterocycles. The highest BCUT2D eigenvalue weighted by Crippen LogP contribution is 2.29. The van der Waals surface area contributed by atoms with Crippen LogP contribution in [0.4, 0.5) is 0 Å². The zero-order valence-electron chi connectivity index (χ0n) is 11.5. The minimum Gasteiger partial charge on any atom is -0.478 e. The van der Waals surface area contributed by atoms with Crippen LogP contribution in [-0.4, -0.2) is 28.7 Å². The van der Waals surface area contributed by atoms with Crippen molar-refractivity contribution in [3.05, 3.63) is 23.8 Å². The molecule has 0 spiro atoms. The maximum absolute atomic E-state index is 10.7. The molecule has 0 aliphatic heterocycles. The predicted molar refractivity (Wildman–Crippen MR) is 71.3 cm³/mol. The number of nitrogens with two attached hydrogens (primary N) is 1. The molecule has 0 amide bonds. The SMILES string of the molecule is C=C(C)C(=O)O.CC=C(C(=O)O)C(C)(C)CCN. The lowest BCUT2D eigenvalue weighted by Crippen LogP contribution is -2.24. The van der Waals surface area contributed by atoms with E-state index in [1.54, 1.807) is 13.0 Å². The number of hydrogen-bond acceptors (Lipinski definition) is 3. The summed E-state index contributed by atoms with van der Waals surface area (Å²) >= 11 is 0. The van der Waals surface area contributed by atoms with Crippen molar-refractivity contribution >= 4 is 11.9 Å². The third-order valence-corrected chi connectivity index (χ3v) is 2.38. The van der Waals surface area contributed by atoms with Gasteiger partial charge in [-0.3, -0.25) is 0 Å². The molecule has 4 N–H and O–H groups in total. The highest BCUT2D eigenvalue weighted by Gasteiger charge is 2.26. The normalized spacial score (nSPS) is 11.3. The Kier molecular flexibility index (Phi) is 8.81. The molecule has 0 radical (unpaired) electrons. The number of aliphatic carboxylic acids is 2. The minimum atomic E-state index is -0.935. The molecule has 0 fully saturated rings. The van der Waals surface area contributed by atoms with Crippen LogP contribution in [0.25, 0.3) is 0 Å². The fourth-order valence-corrected chi connectivity index (χ4v) is 1.30. The number of carboxylic acids is 2. The second kappa shape index (κ2) is 8.47. The van der Waals surface area contributed by atoms with Crippen LogP contribution >= 0.6 is 0 Å². The average Bonchev–Trinajstić information content (AvgIpc) is 2.17. The predicted octanol–water partition coefficient (Wildman–Crippen LogP) is 2.04. The first-order valence-electron chi connectivity index (χ1n) is 5.59. The Bertz CT molecular complexity index is 331. The Labute approximate surface area is 108 Å². The first-order valence-corrected chi connectivity index (χ1v) is 5.59. The van der Waals surface area contributed by atoms with E-state index in [9.17, 15) is 9.59 Å². The van der Waals surface area contributed by atoms with E-state index in [4.69, 9.17) is 15.9 Å². The number of carbonyl (C=O) groups is 2. The van der Waals surface area contributed by atoms with E-state index in [0.29, 0.717) is 18.5 Å². The number of carboxylic acid groups (broad SMARTS) is 2. The number of rotatable bonds is 5. The zero-order chi connectivity index (χ0) is 14.9. The second-order valence-electron chi connectivity index (χ2n) is 4.52. The van der Waals surface area contributed by atoms with E-state index < -0.39 is 11.9 Å². The fraction of sp³-hybridized carbons (Fsp3) is 0.538. The number of hydrogen-bond donors (Lipinski definition) is 3. The molecule has 104 valence electrons. The molecule has 5 nitrogen and oxygen atoms in total. The van der Waals surface area contributed by atoms with E-state index in [0.717, 1.165) is 0 Å². The van der Waals surface area contributed by atoms with Crippen LogP contribution in [0.3, 0.4) is 0 Å². The Morgan fingerprint density at radius 3 is 1.83 bits per heavy atom. The van der Waals surface area contributed by atoms with Crippen molar-refractivity contribution in [2.24, 2.45) is 11.1 Å². The third-order valence-electron chi connectivity index (χ3n) is 2.38. The standard InChI is InChI=1S/C9H17NO2.C4H6O2/c1-4-7(8(11)12)9(2,3)5-6-10;1-3(2)4(5)6/h4H,5-6,10H2,1-3H3,(H,11,12);1H2,2H3,(H,5,6). The molecular weight excluding hydrogens is 234 g/mol. The summed E-state index contributed by atoms with van der Waals surface area (Å²) in [6, 6.07) is 0. The number of allylic oxidation sites excluding steroid dienone is 1. The summed E-state index contributed by atoms with van der Waals surface area (Å²) in [7, 11) is 0. The summed E-state index contributed by atoms with van der Waals surface area (Å²) in [5.41, 5.74) is 5.68. The van der Waals surface area contributed by atoms with Gasteiger partial charge in [-0.2, -0.15) is 0 Å². The topological polar surface area (TPSA) is 101 Å². The maximum atomic E-state index is 10.7. The van der Waals surface area contributed by atoms with E-state index in [1.165, 1.54) is 6.92 Å². The van der Waals surface area contributed by atoms with Gasteiger partial charge in [0.25, 0.3) is 0 Å². The summed E-state index contributed by atoms with van der Waals surface area (Å²) in [5.74, 6) is -1.79. The van der Waals surface area contributed by atoms with Crippen LogP contribution < -0.4 is 5.73 Å². The van der Waals surface area contributed by atoms with Crippen LogP contribution in [0.2, 0.25) is 0 Å². The van der Waals surface area contributed by atoms with Gasteiger partial charge in [0.1, 0.15) is 0 Å². The van der Waals surface area contributed by atoms with Crippen molar-refractivity contribution in [2.75, 3.05) is 6.54 Å². The Morgan fingerprint density at radius 1 is 1.28 bits per heavy atom. The van der Waals surface area contributed by atoms with E-state index in [-0.39, 0.29) is 11.0 Å². The Hall–Kier alpha value is -1.62. The molecule has 5 heteroatoms. The molecule has 0 heterocycles. The molecule has 0 atom stereocenters. The van der Waals surface area contributed by atoms with Crippen molar-refractivity contribution in [2.45, 2.75) is 34.1 Å². The van der Waals surface area contributed by atoms with Crippen LogP contribution in [-0.2, 0) is 9.59 Å². The van der Waals surface area contributed by atoms with Crippen molar-refractivity contribution in [1.82, 2.24) is 0 Å². The van der Waals surface area contributed by atoms with Gasteiger partial charge in [-0.1, -0.05) is 26.5 Å².